The number of hydrogen-bond acceptors (Lipinski definition) is 1. The molecule has 0 saturated carbocycles. The van der Waals surface area contributed by atoms with Crippen molar-refractivity contribution < 1.29 is 4.79 Å². The lowest BCUT2D eigenvalue weighted by molar-refractivity contribution is -0.116. The maximum absolute atomic E-state index is 11.2. The highest BCUT2D eigenvalue weighted by Crippen LogP contribution is 1.93. The van der Waals surface area contributed by atoms with E-state index in [9.17, 15) is 4.79 Å². The van der Waals surface area contributed by atoms with Crippen molar-refractivity contribution in [3.8, 4) is 0 Å². The van der Waals surface area contributed by atoms with Gasteiger partial charge in [0, 0.05) is 12.6 Å². The van der Waals surface area contributed by atoms with E-state index in [-0.39, 0.29) is 5.91 Å². The molecule has 0 aliphatic rings. The molecular weight excluding hydrogens is 198 g/mol. The minimum atomic E-state index is -0.0215. The van der Waals surface area contributed by atoms with Crippen LogP contribution >= 0.6 is 0 Å². The molecular formula is C14H23NO. The van der Waals surface area contributed by atoms with Crippen molar-refractivity contribution in [1.29, 1.82) is 0 Å². The van der Waals surface area contributed by atoms with Gasteiger partial charge in [0.2, 0.25) is 5.91 Å². The molecule has 0 saturated heterocycles. The molecule has 0 atom stereocenters. The molecule has 0 radical (unpaired) electrons. The second-order valence-corrected chi connectivity index (χ2v) is 4.07. The van der Waals surface area contributed by atoms with Gasteiger partial charge in [-0.1, -0.05) is 44.2 Å². The fraction of sp³-hybridized carbons (Fsp3) is 0.500. The summed E-state index contributed by atoms with van der Waals surface area (Å²) in [4.78, 5) is 11.2. The van der Waals surface area contributed by atoms with Crippen LogP contribution in [0.1, 0.15) is 33.6 Å². The molecule has 0 aliphatic carbocycles. The van der Waals surface area contributed by atoms with Gasteiger partial charge in [-0.05, 0) is 25.7 Å². The van der Waals surface area contributed by atoms with Gasteiger partial charge in [-0.2, -0.15) is 0 Å². The Morgan fingerprint density at radius 3 is 2.50 bits per heavy atom. The van der Waals surface area contributed by atoms with Gasteiger partial charge in [0.05, 0.1) is 0 Å². The highest BCUT2D eigenvalue weighted by molar-refractivity contribution is 5.87. The van der Waals surface area contributed by atoms with Gasteiger partial charge < -0.3 is 5.32 Å². The van der Waals surface area contributed by atoms with Crippen molar-refractivity contribution >= 4 is 5.91 Å². The minimum Gasteiger partial charge on any atom is -0.352 e. The van der Waals surface area contributed by atoms with Gasteiger partial charge in [-0.3, -0.25) is 4.79 Å². The van der Waals surface area contributed by atoms with Gasteiger partial charge in [0.1, 0.15) is 0 Å². The normalized spacial score (nSPS) is 12.2. The summed E-state index contributed by atoms with van der Waals surface area (Å²) in [5.74, 6) is 0.473. The molecule has 16 heavy (non-hydrogen) atoms. The number of carbonyl (C=O) groups excluding carboxylic acids is 1. The third-order valence-corrected chi connectivity index (χ3v) is 1.92. The molecule has 0 bridgehead atoms. The van der Waals surface area contributed by atoms with Crippen molar-refractivity contribution in [1.82, 2.24) is 5.32 Å². The largest absolute Gasteiger partial charge is 0.352 e. The zero-order valence-electron chi connectivity index (χ0n) is 10.6. The van der Waals surface area contributed by atoms with Crippen LogP contribution in [0.5, 0.6) is 0 Å². The third kappa shape index (κ3) is 10.8. The molecule has 0 aromatic heterocycles. The number of rotatable bonds is 7. The lowest BCUT2D eigenvalue weighted by Crippen LogP contribution is -2.25. The first kappa shape index (κ1) is 14.7. The van der Waals surface area contributed by atoms with Gasteiger partial charge >= 0.3 is 0 Å². The first-order chi connectivity index (χ1) is 7.66. The first-order valence-corrected chi connectivity index (χ1v) is 5.89. The molecule has 2 heteroatoms. The van der Waals surface area contributed by atoms with Crippen molar-refractivity contribution in [2.75, 3.05) is 6.54 Å². The van der Waals surface area contributed by atoms with Crippen LogP contribution in [0.25, 0.3) is 0 Å². The predicted octanol–water partition coefficient (Wildman–Crippen LogP) is 3.23. The van der Waals surface area contributed by atoms with Crippen LogP contribution in [0.4, 0.5) is 0 Å². The van der Waals surface area contributed by atoms with Crippen LogP contribution in [0.15, 0.2) is 36.5 Å². The zero-order chi connectivity index (χ0) is 12.2. The lowest BCUT2D eigenvalue weighted by Gasteiger charge is -2.03. The van der Waals surface area contributed by atoms with Crippen molar-refractivity contribution in [3.05, 3.63) is 36.5 Å². The third-order valence-electron chi connectivity index (χ3n) is 1.92. The fourth-order valence-electron chi connectivity index (χ4n) is 1.04. The van der Waals surface area contributed by atoms with Crippen molar-refractivity contribution in [2.24, 2.45) is 5.92 Å². The molecule has 0 unspecified atom stereocenters. The summed E-state index contributed by atoms with van der Waals surface area (Å²) in [5.41, 5.74) is 0. The van der Waals surface area contributed by atoms with E-state index < -0.39 is 0 Å². The summed E-state index contributed by atoms with van der Waals surface area (Å²) >= 11 is 0. The second-order valence-electron chi connectivity index (χ2n) is 4.07. The number of hydrogen-bond donors (Lipinski definition) is 1. The van der Waals surface area contributed by atoms with Gasteiger partial charge in [0.15, 0.2) is 0 Å². The summed E-state index contributed by atoms with van der Waals surface area (Å²) in [6.07, 6.45) is 13.6. The Kier molecular flexibility index (Phi) is 9.38. The van der Waals surface area contributed by atoms with E-state index in [0.717, 1.165) is 19.4 Å². The standard InChI is InChI=1S/C14H23NO/c1-4-5-6-7-8-9-10-11-14(16)15-12-13(2)3/h4-5,8-11,13H,6-7,12H2,1-3H3,(H,15,16)/b5-4-,9-8-,11-10+. The van der Waals surface area contributed by atoms with Crippen LogP contribution in [0.2, 0.25) is 0 Å². The molecule has 0 aromatic rings. The van der Waals surface area contributed by atoms with E-state index in [1.165, 1.54) is 0 Å². The molecule has 1 amide bonds. The number of amides is 1. The molecule has 2 nitrogen and oxygen atoms in total. The van der Waals surface area contributed by atoms with Crippen LogP contribution in [-0.2, 0) is 4.79 Å². The monoisotopic (exact) mass is 221 g/mol. The van der Waals surface area contributed by atoms with Gasteiger partial charge in [-0.15, -0.1) is 0 Å². The van der Waals surface area contributed by atoms with Crippen LogP contribution < -0.4 is 5.32 Å². The Hall–Kier alpha value is -1.31. The maximum Gasteiger partial charge on any atom is 0.243 e. The average Bonchev–Trinajstić information content (AvgIpc) is 2.25. The van der Waals surface area contributed by atoms with Crippen molar-refractivity contribution in [2.45, 2.75) is 33.6 Å². The molecule has 0 aromatic carbocycles. The van der Waals surface area contributed by atoms with Crippen LogP contribution in [-0.4, -0.2) is 12.5 Å². The molecule has 90 valence electrons. The zero-order valence-corrected chi connectivity index (χ0v) is 10.6. The Bertz CT molecular complexity index is 262. The van der Waals surface area contributed by atoms with E-state index in [1.807, 2.05) is 19.1 Å². The molecule has 0 aliphatic heterocycles. The Balaban J connectivity index is 3.62. The Morgan fingerprint density at radius 2 is 1.88 bits per heavy atom. The highest BCUT2D eigenvalue weighted by Gasteiger charge is 1.95. The van der Waals surface area contributed by atoms with E-state index in [2.05, 4.69) is 31.3 Å². The quantitative estimate of drug-likeness (QED) is 0.304. The first-order valence-electron chi connectivity index (χ1n) is 5.89. The topological polar surface area (TPSA) is 29.1 Å². The van der Waals surface area contributed by atoms with E-state index in [1.54, 1.807) is 12.2 Å². The summed E-state index contributed by atoms with van der Waals surface area (Å²) < 4.78 is 0. The molecule has 1 N–H and O–H groups in total. The maximum atomic E-state index is 11.2. The van der Waals surface area contributed by atoms with Crippen molar-refractivity contribution in [3.63, 3.8) is 0 Å². The van der Waals surface area contributed by atoms with Crippen LogP contribution in [0.3, 0.4) is 0 Å². The summed E-state index contributed by atoms with van der Waals surface area (Å²) in [7, 11) is 0. The van der Waals surface area contributed by atoms with Crippen LogP contribution in [0, 0.1) is 5.92 Å². The highest BCUT2D eigenvalue weighted by atomic mass is 16.1. The second kappa shape index (κ2) is 10.2. The SMILES string of the molecule is C/C=C\CC/C=C\C=C\C(=O)NCC(C)C. The Labute approximate surface area is 99.1 Å². The molecule has 0 spiro atoms. The average molecular weight is 221 g/mol. The number of carbonyl (C=O) groups is 1. The summed E-state index contributed by atoms with van der Waals surface area (Å²) in [5, 5.41) is 2.82. The van der Waals surface area contributed by atoms with E-state index in [4.69, 9.17) is 0 Å². The van der Waals surface area contributed by atoms with Gasteiger partial charge in [-0.25, -0.2) is 0 Å². The molecule has 0 fully saturated rings. The summed E-state index contributed by atoms with van der Waals surface area (Å²) in [6, 6.07) is 0. The minimum absolute atomic E-state index is 0.0215. The van der Waals surface area contributed by atoms with E-state index in [0.29, 0.717) is 5.92 Å². The Morgan fingerprint density at radius 1 is 1.19 bits per heavy atom. The summed E-state index contributed by atoms with van der Waals surface area (Å²) in [6.45, 7) is 6.90. The predicted molar refractivity (Wildman–Crippen MR) is 70.2 cm³/mol. The lowest BCUT2D eigenvalue weighted by atomic mass is 10.2. The fourth-order valence-corrected chi connectivity index (χ4v) is 1.04. The van der Waals surface area contributed by atoms with Gasteiger partial charge in [0.25, 0.3) is 0 Å². The number of unbranched alkanes of at least 4 members (excludes halogenated alkanes) is 1. The van der Waals surface area contributed by atoms with E-state index >= 15 is 0 Å². The smallest absolute Gasteiger partial charge is 0.243 e. The molecule has 0 heterocycles. The molecule has 0 rings (SSSR count). The number of nitrogens with one attached hydrogen (secondary N) is 1. The number of allylic oxidation sites excluding steroid dienone is 5.